The molecule has 112 valence electrons. The largest absolute Gasteiger partial charge is 0.496 e. The molecule has 0 aromatic heterocycles. The van der Waals surface area contributed by atoms with Gasteiger partial charge in [0.1, 0.15) is 11.5 Å². The van der Waals surface area contributed by atoms with E-state index in [9.17, 15) is 4.79 Å². The fraction of sp³-hybridized carbons (Fsp3) is 0.500. The monoisotopic (exact) mass is 300 g/mol. The fourth-order valence-electron chi connectivity index (χ4n) is 2.05. The van der Waals surface area contributed by atoms with Gasteiger partial charge in [0.15, 0.2) is 0 Å². The Morgan fingerprint density at radius 2 is 1.85 bits per heavy atom. The molecule has 2 N–H and O–H groups in total. The van der Waals surface area contributed by atoms with Gasteiger partial charge in [-0.1, -0.05) is 0 Å². The summed E-state index contributed by atoms with van der Waals surface area (Å²) in [5, 5.41) is 6.11. The average Bonchev–Trinajstić information content (AvgIpc) is 2.37. The first-order chi connectivity index (χ1) is 9.15. The number of nitrogens with one attached hydrogen (secondary N) is 2. The molecule has 0 aliphatic carbocycles. The SMILES string of the molecule is COc1cc(C(=O)NCC2CNC2)cc(OC)c1C.Cl. The van der Waals surface area contributed by atoms with Gasteiger partial charge in [-0.2, -0.15) is 0 Å². The molecule has 0 saturated carbocycles. The Bertz CT molecular complexity index is 450. The van der Waals surface area contributed by atoms with E-state index in [2.05, 4.69) is 10.6 Å². The third-order valence-corrected chi connectivity index (χ3v) is 3.43. The summed E-state index contributed by atoms with van der Waals surface area (Å²) in [4.78, 5) is 12.1. The minimum Gasteiger partial charge on any atom is -0.496 e. The molecule has 1 aromatic rings. The Kier molecular flexibility index (Phi) is 6.10. The maximum atomic E-state index is 12.1. The molecule has 1 heterocycles. The molecule has 0 bridgehead atoms. The summed E-state index contributed by atoms with van der Waals surface area (Å²) in [6.45, 7) is 4.55. The van der Waals surface area contributed by atoms with Crippen LogP contribution < -0.4 is 20.1 Å². The van der Waals surface area contributed by atoms with Gasteiger partial charge >= 0.3 is 0 Å². The number of carbonyl (C=O) groups is 1. The minimum absolute atomic E-state index is 0. The fourth-order valence-corrected chi connectivity index (χ4v) is 2.05. The molecule has 6 heteroatoms. The van der Waals surface area contributed by atoms with E-state index in [4.69, 9.17) is 9.47 Å². The summed E-state index contributed by atoms with van der Waals surface area (Å²) in [7, 11) is 3.17. The summed E-state index contributed by atoms with van der Waals surface area (Å²) in [6.07, 6.45) is 0. The topological polar surface area (TPSA) is 59.6 Å². The Balaban J connectivity index is 0.00000200. The highest BCUT2D eigenvalue weighted by Crippen LogP contribution is 2.29. The lowest BCUT2D eigenvalue weighted by Crippen LogP contribution is -2.48. The number of hydrogen-bond donors (Lipinski definition) is 2. The quantitative estimate of drug-likeness (QED) is 0.862. The molecule has 0 unspecified atom stereocenters. The number of methoxy groups -OCH3 is 2. The van der Waals surface area contributed by atoms with Gasteiger partial charge in [0.05, 0.1) is 14.2 Å². The van der Waals surface area contributed by atoms with Crippen molar-refractivity contribution in [3.8, 4) is 11.5 Å². The van der Waals surface area contributed by atoms with Crippen LogP contribution in [0, 0.1) is 12.8 Å². The lowest BCUT2D eigenvalue weighted by molar-refractivity contribution is 0.0941. The standard InChI is InChI=1S/C14H20N2O3.ClH/c1-9-12(18-2)4-11(5-13(9)19-3)14(17)16-8-10-6-15-7-10;/h4-5,10,15H,6-8H2,1-3H3,(H,16,17);1H. The van der Waals surface area contributed by atoms with Crippen molar-refractivity contribution in [1.82, 2.24) is 10.6 Å². The normalized spacial score (nSPS) is 13.9. The third kappa shape index (κ3) is 3.55. The molecular weight excluding hydrogens is 280 g/mol. The molecule has 1 aromatic carbocycles. The Hall–Kier alpha value is -1.46. The zero-order valence-electron chi connectivity index (χ0n) is 12.0. The zero-order chi connectivity index (χ0) is 13.8. The van der Waals surface area contributed by atoms with Crippen LogP contribution in [-0.2, 0) is 0 Å². The molecule has 1 aliphatic rings. The molecule has 2 rings (SSSR count). The summed E-state index contributed by atoms with van der Waals surface area (Å²) in [5.74, 6) is 1.77. The summed E-state index contributed by atoms with van der Waals surface area (Å²) in [5.41, 5.74) is 1.45. The van der Waals surface area contributed by atoms with Crippen LogP contribution in [0.15, 0.2) is 12.1 Å². The van der Waals surface area contributed by atoms with Crippen LogP contribution in [-0.4, -0.2) is 39.8 Å². The molecule has 1 amide bonds. The predicted octanol–water partition coefficient (Wildman–Crippen LogP) is 1.38. The van der Waals surface area contributed by atoms with E-state index in [1.165, 1.54) is 0 Å². The summed E-state index contributed by atoms with van der Waals surface area (Å²) >= 11 is 0. The van der Waals surface area contributed by atoms with Gasteiger partial charge in [0.25, 0.3) is 5.91 Å². The maximum Gasteiger partial charge on any atom is 0.251 e. The van der Waals surface area contributed by atoms with E-state index < -0.39 is 0 Å². The first kappa shape index (κ1) is 16.6. The molecular formula is C14H21ClN2O3. The molecule has 20 heavy (non-hydrogen) atoms. The molecule has 5 nitrogen and oxygen atoms in total. The van der Waals surface area contributed by atoms with Gasteiger partial charge in [0, 0.05) is 36.7 Å². The van der Waals surface area contributed by atoms with Gasteiger partial charge < -0.3 is 20.1 Å². The predicted molar refractivity (Wildman–Crippen MR) is 80.2 cm³/mol. The molecule has 0 spiro atoms. The highest BCUT2D eigenvalue weighted by molar-refractivity contribution is 5.95. The van der Waals surface area contributed by atoms with Crippen LogP contribution in [0.2, 0.25) is 0 Å². The number of hydrogen-bond acceptors (Lipinski definition) is 4. The number of rotatable bonds is 5. The first-order valence-corrected chi connectivity index (χ1v) is 6.37. The van der Waals surface area contributed by atoms with E-state index in [-0.39, 0.29) is 18.3 Å². The van der Waals surface area contributed by atoms with E-state index >= 15 is 0 Å². The van der Waals surface area contributed by atoms with Crippen molar-refractivity contribution in [2.45, 2.75) is 6.92 Å². The van der Waals surface area contributed by atoms with E-state index in [1.807, 2.05) is 6.92 Å². The van der Waals surface area contributed by atoms with Crippen LogP contribution in [0.1, 0.15) is 15.9 Å². The number of carbonyl (C=O) groups excluding carboxylic acids is 1. The van der Waals surface area contributed by atoms with Crippen LogP contribution in [0.25, 0.3) is 0 Å². The molecule has 0 radical (unpaired) electrons. The Morgan fingerprint density at radius 3 is 2.25 bits per heavy atom. The van der Waals surface area contributed by atoms with Gasteiger partial charge in [-0.25, -0.2) is 0 Å². The van der Waals surface area contributed by atoms with Gasteiger partial charge in [-0.3, -0.25) is 4.79 Å². The van der Waals surface area contributed by atoms with Crippen molar-refractivity contribution in [3.63, 3.8) is 0 Å². The van der Waals surface area contributed by atoms with Gasteiger partial charge in [0.2, 0.25) is 0 Å². The van der Waals surface area contributed by atoms with E-state index in [0.717, 1.165) is 18.7 Å². The smallest absolute Gasteiger partial charge is 0.251 e. The Labute approximate surface area is 125 Å². The average molecular weight is 301 g/mol. The van der Waals surface area contributed by atoms with Gasteiger partial charge in [-0.05, 0) is 19.1 Å². The summed E-state index contributed by atoms with van der Waals surface area (Å²) < 4.78 is 10.5. The number of benzene rings is 1. The minimum atomic E-state index is -0.0940. The lowest BCUT2D eigenvalue weighted by atomic mass is 10.0. The van der Waals surface area contributed by atoms with Crippen LogP contribution >= 0.6 is 12.4 Å². The molecule has 0 atom stereocenters. The van der Waals surface area contributed by atoms with E-state index in [1.54, 1.807) is 26.4 Å². The number of halogens is 1. The maximum absolute atomic E-state index is 12.1. The molecule has 1 saturated heterocycles. The highest BCUT2D eigenvalue weighted by atomic mass is 35.5. The first-order valence-electron chi connectivity index (χ1n) is 6.37. The second kappa shape index (κ2) is 7.36. The van der Waals surface area contributed by atoms with Crippen molar-refractivity contribution in [1.29, 1.82) is 0 Å². The van der Waals surface area contributed by atoms with Crippen molar-refractivity contribution in [2.24, 2.45) is 5.92 Å². The van der Waals surface area contributed by atoms with E-state index in [0.29, 0.717) is 29.5 Å². The number of ether oxygens (including phenoxy) is 2. The number of amides is 1. The van der Waals surface area contributed by atoms with Crippen molar-refractivity contribution in [3.05, 3.63) is 23.3 Å². The van der Waals surface area contributed by atoms with Crippen molar-refractivity contribution in [2.75, 3.05) is 33.9 Å². The van der Waals surface area contributed by atoms with Crippen LogP contribution in [0.3, 0.4) is 0 Å². The van der Waals surface area contributed by atoms with Crippen molar-refractivity contribution < 1.29 is 14.3 Å². The third-order valence-electron chi connectivity index (χ3n) is 3.43. The van der Waals surface area contributed by atoms with Crippen LogP contribution in [0.5, 0.6) is 11.5 Å². The zero-order valence-corrected chi connectivity index (χ0v) is 12.8. The Morgan fingerprint density at radius 1 is 1.30 bits per heavy atom. The molecule has 1 aliphatic heterocycles. The summed E-state index contributed by atoms with van der Waals surface area (Å²) in [6, 6.07) is 3.48. The second-order valence-corrected chi connectivity index (χ2v) is 4.74. The highest BCUT2D eigenvalue weighted by Gasteiger charge is 2.18. The van der Waals surface area contributed by atoms with Crippen molar-refractivity contribution >= 4 is 18.3 Å². The van der Waals surface area contributed by atoms with Crippen LogP contribution in [0.4, 0.5) is 0 Å². The lowest BCUT2D eigenvalue weighted by Gasteiger charge is -2.27. The van der Waals surface area contributed by atoms with Gasteiger partial charge in [-0.15, -0.1) is 12.4 Å². The second-order valence-electron chi connectivity index (χ2n) is 4.74. The molecule has 1 fully saturated rings.